The highest BCUT2D eigenvalue weighted by molar-refractivity contribution is 9.10. The molecular formula is C21H14BrNO3S. The second-order valence-electron chi connectivity index (χ2n) is 5.97. The molecule has 1 fully saturated rings. The van der Waals surface area contributed by atoms with Gasteiger partial charge in [-0.05, 0) is 67.8 Å². The molecule has 134 valence electrons. The van der Waals surface area contributed by atoms with E-state index in [0.717, 1.165) is 27.4 Å². The summed E-state index contributed by atoms with van der Waals surface area (Å²) in [5.74, 6) is 0.349. The summed E-state index contributed by atoms with van der Waals surface area (Å²) in [5.41, 5.74) is 1.93. The molecule has 1 aliphatic heterocycles. The smallest absolute Gasteiger partial charge is 0.290 e. The third kappa shape index (κ3) is 3.91. The Bertz CT molecular complexity index is 1090. The molecule has 0 unspecified atom stereocenters. The minimum Gasteiger partial charge on any atom is -0.488 e. The van der Waals surface area contributed by atoms with Gasteiger partial charge in [-0.2, -0.15) is 0 Å². The van der Waals surface area contributed by atoms with E-state index in [1.807, 2.05) is 36.4 Å². The number of benzene rings is 3. The summed E-state index contributed by atoms with van der Waals surface area (Å²) in [7, 11) is 0. The number of fused-ring (bicyclic) bond motifs is 1. The minimum absolute atomic E-state index is 0.347. The molecule has 4 nitrogen and oxygen atoms in total. The van der Waals surface area contributed by atoms with Gasteiger partial charge < -0.3 is 4.74 Å². The molecule has 0 saturated carbocycles. The fraction of sp³-hybridized carbons (Fsp3) is 0.0476. The van der Waals surface area contributed by atoms with Crippen LogP contribution in [0.3, 0.4) is 0 Å². The molecule has 0 aliphatic carbocycles. The summed E-state index contributed by atoms with van der Waals surface area (Å²) in [5, 5.41) is 4.25. The topological polar surface area (TPSA) is 55.4 Å². The van der Waals surface area contributed by atoms with Crippen LogP contribution in [0.2, 0.25) is 0 Å². The lowest BCUT2D eigenvalue weighted by Crippen LogP contribution is -2.17. The van der Waals surface area contributed by atoms with Gasteiger partial charge in [0, 0.05) is 0 Å². The van der Waals surface area contributed by atoms with Gasteiger partial charge in [0.05, 0.1) is 9.38 Å². The molecule has 0 bridgehead atoms. The Balaban J connectivity index is 1.52. The van der Waals surface area contributed by atoms with Gasteiger partial charge in [0.25, 0.3) is 11.1 Å². The van der Waals surface area contributed by atoms with Crippen LogP contribution in [0.1, 0.15) is 11.1 Å². The van der Waals surface area contributed by atoms with Gasteiger partial charge in [-0.3, -0.25) is 14.9 Å². The van der Waals surface area contributed by atoms with Crippen LogP contribution < -0.4 is 10.1 Å². The average molecular weight is 440 g/mol. The Morgan fingerprint density at radius 3 is 2.63 bits per heavy atom. The maximum atomic E-state index is 11.6. The number of thioether (sulfide) groups is 1. The van der Waals surface area contributed by atoms with E-state index < -0.39 is 0 Å². The Morgan fingerprint density at radius 1 is 1.04 bits per heavy atom. The fourth-order valence-corrected chi connectivity index (χ4v) is 4.06. The molecule has 0 aromatic heterocycles. The lowest BCUT2D eigenvalue weighted by atomic mass is 10.1. The summed E-state index contributed by atoms with van der Waals surface area (Å²) < 4.78 is 6.77. The maximum absolute atomic E-state index is 11.6. The number of carbonyl (C=O) groups excluding carboxylic acids is 2. The lowest BCUT2D eigenvalue weighted by molar-refractivity contribution is -0.115. The third-order valence-electron chi connectivity index (χ3n) is 4.16. The van der Waals surface area contributed by atoms with E-state index in [1.54, 1.807) is 6.08 Å². The monoisotopic (exact) mass is 439 g/mol. The average Bonchev–Trinajstić information content (AvgIpc) is 2.98. The van der Waals surface area contributed by atoms with Crippen molar-refractivity contribution in [2.45, 2.75) is 6.61 Å². The number of rotatable bonds is 4. The van der Waals surface area contributed by atoms with E-state index in [2.05, 4.69) is 45.5 Å². The summed E-state index contributed by atoms with van der Waals surface area (Å²) >= 11 is 4.42. The standard InChI is InChI=1S/C21H14BrNO3S/c22-17-10-13(11-19-20(24)23-21(25)27-19)8-9-18(17)26-12-15-6-3-5-14-4-1-2-7-16(14)15/h1-11H,12H2,(H,23,24,25)/b19-11-. The van der Waals surface area contributed by atoms with Crippen molar-refractivity contribution in [2.75, 3.05) is 0 Å². The molecule has 1 heterocycles. The van der Waals surface area contributed by atoms with E-state index in [1.165, 1.54) is 10.8 Å². The van der Waals surface area contributed by atoms with Gasteiger partial charge in [0.2, 0.25) is 0 Å². The van der Waals surface area contributed by atoms with Crippen LogP contribution in [0.4, 0.5) is 4.79 Å². The predicted molar refractivity (Wildman–Crippen MR) is 112 cm³/mol. The summed E-state index contributed by atoms with van der Waals surface area (Å²) in [6.45, 7) is 0.452. The van der Waals surface area contributed by atoms with Gasteiger partial charge in [-0.15, -0.1) is 0 Å². The van der Waals surface area contributed by atoms with Crippen molar-refractivity contribution in [3.05, 3.63) is 81.2 Å². The number of nitrogens with one attached hydrogen (secondary N) is 1. The highest BCUT2D eigenvalue weighted by Crippen LogP contribution is 2.31. The number of ether oxygens (including phenoxy) is 1. The largest absolute Gasteiger partial charge is 0.488 e. The predicted octanol–water partition coefficient (Wildman–Crippen LogP) is 5.51. The molecule has 3 aromatic carbocycles. The van der Waals surface area contributed by atoms with E-state index >= 15 is 0 Å². The molecule has 6 heteroatoms. The maximum Gasteiger partial charge on any atom is 0.290 e. The lowest BCUT2D eigenvalue weighted by Gasteiger charge is -2.11. The van der Waals surface area contributed by atoms with E-state index in [-0.39, 0.29) is 11.1 Å². The van der Waals surface area contributed by atoms with Crippen LogP contribution in [0.25, 0.3) is 16.8 Å². The van der Waals surface area contributed by atoms with Crippen LogP contribution in [0.5, 0.6) is 5.75 Å². The number of hydrogen-bond acceptors (Lipinski definition) is 4. The summed E-state index contributed by atoms with van der Waals surface area (Å²) in [6, 6.07) is 19.9. The zero-order chi connectivity index (χ0) is 18.8. The first-order chi connectivity index (χ1) is 13.1. The van der Waals surface area contributed by atoms with Gasteiger partial charge in [0.1, 0.15) is 12.4 Å². The quantitative estimate of drug-likeness (QED) is 0.544. The van der Waals surface area contributed by atoms with Gasteiger partial charge in [0.15, 0.2) is 0 Å². The molecule has 0 spiro atoms. The molecule has 0 radical (unpaired) electrons. The SMILES string of the molecule is O=C1NC(=O)/C(=C/c2ccc(OCc3cccc4ccccc34)c(Br)c2)S1. The first-order valence-electron chi connectivity index (χ1n) is 8.24. The Hall–Kier alpha value is -2.57. The summed E-state index contributed by atoms with van der Waals surface area (Å²) in [4.78, 5) is 23.3. The van der Waals surface area contributed by atoms with Crippen LogP contribution in [0.15, 0.2) is 70.0 Å². The number of carbonyl (C=O) groups is 2. The van der Waals surface area contributed by atoms with Crippen molar-refractivity contribution >= 4 is 55.7 Å². The normalized spacial score (nSPS) is 15.4. The second kappa shape index (κ2) is 7.58. The number of amides is 2. The highest BCUT2D eigenvalue weighted by Gasteiger charge is 2.24. The number of halogens is 1. The highest BCUT2D eigenvalue weighted by atomic mass is 79.9. The zero-order valence-electron chi connectivity index (χ0n) is 14.1. The van der Waals surface area contributed by atoms with E-state index in [9.17, 15) is 9.59 Å². The van der Waals surface area contributed by atoms with Crippen LogP contribution in [-0.4, -0.2) is 11.1 Å². The minimum atomic E-state index is -0.364. The van der Waals surface area contributed by atoms with Crippen LogP contribution in [0, 0.1) is 0 Å². The molecule has 0 atom stereocenters. The molecule has 1 saturated heterocycles. The van der Waals surface area contributed by atoms with Crippen LogP contribution >= 0.6 is 27.7 Å². The van der Waals surface area contributed by atoms with Crippen molar-refractivity contribution in [3.63, 3.8) is 0 Å². The molecular weight excluding hydrogens is 426 g/mol. The van der Waals surface area contributed by atoms with Crippen molar-refractivity contribution in [1.29, 1.82) is 0 Å². The second-order valence-corrected chi connectivity index (χ2v) is 7.84. The Labute approximate surface area is 168 Å². The molecule has 3 aromatic rings. The molecule has 27 heavy (non-hydrogen) atoms. The molecule has 2 amide bonds. The Morgan fingerprint density at radius 2 is 1.85 bits per heavy atom. The molecule has 1 N–H and O–H groups in total. The van der Waals surface area contributed by atoms with Crippen molar-refractivity contribution < 1.29 is 14.3 Å². The fourth-order valence-electron chi connectivity index (χ4n) is 2.87. The number of imide groups is 1. The van der Waals surface area contributed by atoms with Crippen molar-refractivity contribution in [2.24, 2.45) is 0 Å². The number of hydrogen-bond donors (Lipinski definition) is 1. The Kier molecular flexibility index (Phi) is 5.01. The first-order valence-corrected chi connectivity index (χ1v) is 9.85. The van der Waals surface area contributed by atoms with Gasteiger partial charge in [-0.25, -0.2) is 0 Å². The third-order valence-corrected chi connectivity index (χ3v) is 5.59. The van der Waals surface area contributed by atoms with E-state index in [4.69, 9.17) is 4.74 Å². The van der Waals surface area contributed by atoms with Crippen LogP contribution in [-0.2, 0) is 11.4 Å². The first kappa shape index (κ1) is 17.8. The van der Waals surface area contributed by atoms with E-state index in [0.29, 0.717) is 17.3 Å². The summed E-state index contributed by atoms with van der Waals surface area (Å²) in [6.07, 6.45) is 1.68. The van der Waals surface area contributed by atoms with Crippen molar-refractivity contribution in [1.82, 2.24) is 5.32 Å². The zero-order valence-corrected chi connectivity index (χ0v) is 16.5. The molecule has 1 aliphatic rings. The molecule has 4 rings (SSSR count). The van der Waals surface area contributed by atoms with Crippen molar-refractivity contribution in [3.8, 4) is 5.75 Å². The van der Waals surface area contributed by atoms with Gasteiger partial charge >= 0.3 is 0 Å². The van der Waals surface area contributed by atoms with Gasteiger partial charge in [-0.1, -0.05) is 48.5 Å².